The molecule has 4 N–H and O–H groups in total. The average molecular weight is 256 g/mol. The van der Waals surface area contributed by atoms with Gasteiger partial charge in [0.2, 0.25) is 5.91 Å². The van der Waals surface area contributed by atoms with Crippen LogP contribution < -0.4 is 11.1 Å². The quantitative estimate of drug-likeness (QED) is 0.645. The number of rotatable bonds is 7. The van der Waals surface area contributed by atoms with Crippen molar-refractivity contribution in [2.45, 2.75) is 52.4 Å². The first-order chi connectivity index (χ1) is 8.46. The van der Waals surface area contributed by atoms with Gasteiger partial charge in [-0.25, -0.2) is 0 Å². The van der Waals surface area contributed by atoms with Gasteiger partial charge in [0.25, 0.3) is 0 Å². The number of carbonyl (C=O) groups excluding carboxylic acids is 1. The third kappa shape index (κ3) is 3.95. The second-order valence-corrected chi connectivity index (χ2v) is 6.37. The second-order valence-electron chi connectivity index (χ2n) is 6.37. The molecule has 1 saturated carbocycles. The lowest BCUT2D eigenvalue weighted by molar-refractivity contribution is -0.130. The zero-order valence-corrected chi connectivity index (χ0v) is 11.8. The van der Waals surface area contributed by atoms with Crippen molar-refractivity contribution in [3.63, 3.8) is 0 Å². The highest BCUT2D eigenvalue weighted by molar-refractivity contribution is 5.83. The molecule has 0 aromatic heterocycles. The van der Waals surface area contributed by atoms with E-state index in [2.05, 4.69) is 19.2 Å². The van der Waals surface area contributed by atoms with E-state index in [1.807, 2.05) is 0 Å². The Morgan fingerprint density at radius 2 is 2.00 bits per heavy atom. The van der Waals surface area contributed by atoms with E-state index in [4.69, 9.17) is 10.8 Å². The van der Waals surface area contributed by atoms with Crippen LogP contribution in [0.4, 0.5) is 0 Å². The third-order valence-electron chi connectivity index (χ3n) is 4.17. The number of aliphatic hydroxyl groups is 1. The minimum absolute atomic E-state index is 0.0345. The molecule has 1 amide bonds. The van der Waals surface area contributed by atoms with E-state index in [1.165, 1.54) is 0 Å². The van der Waals surface area contributed by atoms with Crippen LogP contribution in [0.15, 0.2) is 0 Å². The van der Waals surface area contributed by atoms with E-state index >= 15 is 0 Å². The number of amides is 1. The summed E-state index contributed by atoms with van der Waals surface area (Å²) in [7, 11) is 0. The largest absolute Gasteiger partial charge is 0.396 e. The van der Waals surface area contributed by atoms with Crippen molar-refractivity contribution in [3.8, 4) is 0 Å². The molecule has 0 saturated heterocycles. The molecule has 18 heavy (non-hydrogen) atoms. The molecule has 0 bridgehead atoms. The zero-order chi connectivity index (χ0) is 13.6. The highest BCUT2D eigenvalue weighted by Crippen LogP contribution is 2.37. The second kappa shape index (κ2) is 6.53. The molecule has 0 atom stereocenters. The normalized spacial score (nSPS) is 18.9. The lowest BCUT2D eigenvalue weighted by Gasteiger charge is -2.30. The first kappa shape index (κ1) is 15.4. The Labute approximate surface area is 110 Å². The van der Waals surface area contributed by atoms with Gasteiger partial charge in [0.05, 0.1) is 5.41 Å². The first-order valence-electron chi connectivity index (χ1n) is 7.05. The SMILES string of the molecule is CC(C)(CCCO)CNC(=O)C1(CN)CCCC1. The van der Waals surface area contributed by atoms with Crippen molar-refractivity contribution < 1.29 is 9.90 Å². The smallest absolute Gasteiger partial charge is 0.227 e. The van der Waals surface area contributed by atoms with Gasteiger partial charge in [-0.1, -0.05) is 26.7 Å². The molecule has 0 aliphatic heterocycles. The third-order valence-corrected chi connectivity index (χ3v) is 4.17. The summed E-state index contributed by atoms with van der Waals surface area (Å²) in [6, 6.07) is 0. The summed E-state index contributed by atoms with van der Waals surface area (Å²) in [4.78, 5) is 12.3. The van der Waals surface area contributed by atoms with Crippen LogP contribution in [0.25, 0.3) is 0 Å². The number of aliphatic hydroxyl groups excluding tert-OH is 1. The van der Waals surface area contributed by atoms with Crippen LogP contribution in [0, 0.1) is 10.8 Å². The minimum Gasteiger partial charge on any atom is -0.396 e. The summed E-state index contributed by atoms with van der Waals surface area (Å²) in [5.74, 6) is 0.125. The zero-order valence-electron chi connectivity index (χ0n) is 11.8. The van der Waals surface area contributed by atoms with Gasteiger partial charge in [0.1, 0.15) is 0 Å². The predicted molar refractivity (Wildman–Crippen MR) is 73.1 cm³/mol. The van der Waals surface area contributed by atoms with Gasteiger partial charge in [0.15, 0.2) is 0 Å². The molecule has 4 nitrogen and oxygen atoms in total. The number of carbonyl (C=O) groups is 1. The van der Waals surface area contributed by atoms with Gasteiger partial charge >= 0.3 is 0 Å². The fourth-order valence-electron chi connectivity index (χ4n) is 2.73. The van der Waals surface area contributed by atoms with Crippen molar-refractivity contribution in [2.75, 3.05) is 19.7 Å². The topological polar surface area (TPSA) is 75.3 Å². The van der Waals surface area contributed by atoms with Crippen molar-refractivity contribution in [3.05, 3.63) is 0 Å². The fraction of sp³-hybridized carbons (Fsp3) is 0.929. The van der Waals surface area contributed by atoms with Crippen LogP contribution in [0.3, 0.4) is 0 Å². The molecule has 1 aliphatic carbocycles. The van der Waals surface area contributed by atoms with Crippen molar-refractivity contribution in [1.82, 2.24) is 5.32 Å². The fourth-order valence-corrected chi connectivity index (χ4v) is 2.73. The molecule has 4 heteroatoms. The van der Waals surface area contributed by atoms with Crippen LogP contribution in [-0.2, 0) is 4.79 Å². The van der Waals surface area contributed by atoms with Crippen LogP contribution >= 0.6 is 0 Å². The minimum atomic E-state index is -0.312. The molecule has 1 fully saturated rings. The standard InChI is InChI=1S/C14H28N2O2/c1-13(2,6-5-9-17)11-16-12(18)14(10-15)7-3-4-8-14/h17H,3-11,15H2,1-2H3,(H,16,18). The van der Waals surface area contributed by atoms with Gasteiger partial charge in [-0.3, -0.25) is 4.79 Å². The number of nitrogens with two attached hydrogens (primary N) is 1. The Balaban J connectivity index is 2.44. The molecule has 0 aromatic carbocycles. The highest BCUT2D eigenvalue weighted by atomic mass is 16.2. The number of hydrogen-bond donors (Lipinski definition) is 3. The van der Waals surface area contributed by atoms with Gasteiger partial charge in [-0.05, 0) is 31.1 Å². The molecule has 106 valence electrons. The van der Waals surface area contributed by atoms with E-state index < -0.39 is 0 Å². The van der Waals surface area contributed by atoms with E-state index in [-0.39, 0.29) is 23.3 Å². The Morgan fingerprint density at radius 3 is 2.50 bits per heavy atom. The number of hydrogen-bond acceptors (Lipinski definition) is 3. The summed E-state index contributed by atoms with van der Waals surface area (Å²) in [6.07, 6.45) is 5.76. The monoisotopic (exact) mass is 256 g/mol. The summed E-state index contributed by atoms with van der Waals surface area (Å²) in [5.41, 5.74) is 5.52. The lowest BCUT2D eigenvalue weighted by Crippen LogP contribution is -2.46. The Hall–Kier alpha value is -0.610. The van der Waals surface area contributed by atoms with Gasteiger partial charge in [-0.2, -0.15) is 0 Å². The van der Waals surface area contributed by atoms with Crippen LogP contribution in [0.5, 0.6) is 0 Å². The van der Waals surface area contributed by atoms with Crippen LogP contribution in [0.1, 0.15) is 52.4 Å². The average Bonchev–Trinajstić information content (AvgIpc) is 2.83. The maximum Gasteiger partial charge on any atom is 0.227 e. The lowest BCUT2D eigenvalue weighted by atomic mass is 9.83. The van der Waals surface area contributed by atoms with Crippen molar-refractivity contribution in [1.29, 1.82) is 0 Å². The maximum absolute atomic E-state index is 12.3. The molecule has 0 radical (unpaired) electrons. The summed E-state index contributed by atoms with van der Waals surface area (Å²) < 4.78 is 0. The highest BCUT2D eigenvalue weighted by Gasteiger charge is 2.40. The Morgan fingerprint density at radius 1 is 1.39 bits per heavy atom. The van der Waals surface area contributed by atoms with Crippen LogP contribution in [-0.4, -0.2) is 30.7 Å². The molecular formula is C14H28N2O2. The molecule has 1 aliphatic rings. The van der Waals surface area contributed by atoms with Crippen molar-refractivity contribution >= 4 is 5.91 Å². The van der Waals surface area contributed by atoms with Crippen LogP contribution in [0.2, 0.25) is 0 Å². The van der Waals surface area contributed by atoms with Gasteiger partial charge < -0.3 is 16.2 Å². The van der Waals surface area contributed by atoms with E-state index in [0.29, 0.717) is 13.1 Å². The van der Waals surface area contributed by atoms with Crippen molar-refractivity contribution in [2.24, 2.45) is 16.6 Å². The Bertz CT molecular complexity index is 271. The molecule has 0 unspecified atom stereocenters. The first-order valence-corrected chi connectivity index (χ1v) is 7.05. The maximum atomic E-state index is 12.3. The van der Waals surface area contributed by atoms with E-state index in [9.17, 15) is 4.79 Å². The van der Waals surface area contributed by atoms with Gasteiger partial charge in [0, 0.05) is 19.7 Å². The molecule has 0 spiro atoms. The predicted octanol–water partition coefficient (Wildman–Crippen LogP) is 1.42. The Kier molecular flexibility index (Phi) is 5.60. The van der Waals surface area contributed by atoms with E-state index in [0.717, 1.165) is 38.5 Å². The molecule has 1 rings (SSSR count). The summed E-state index contributed by atoms with van der Waals surface area (Å²) >= 11 is 0. The molecular weight excluding hydrogens is 228 g/mol. The molecule has 0 aromatic rings. The number of nitrogens with one attached hydrogen (secondary N) is 1. The summed E-state index contributed by atoms with van der Waals surface area (Å²) in [5, 5.41) is 11.9. The summed E-state index contributed by atoms with van der Waals surface area (Å²) in [6.45, 7) is 5.56. The van der Waals surface area contributed by atoms with E-state index in [1.54, 1.807) is 0 Å². The van der Waals surface area contributed by atoms with Gasteiger partial charge in [-0.15, -0.1) is 0 Å². The molecule has 0 heterocycles.